The van der Waals surface area contributed by atoms with Crippen molar-refractivity contribution < 1.29 is 45.0 Å². The fourth-order valence-electron chi connectivity index (χ4n) is 18.9. The summed E-state index contributed by atoms with van der Waals surface area (Å²) in [5.74, 6) is -0.958. The number of aliphatic hydroxyl groups excluding tert-OH is 5. The summed E-state index contributed by atoms with van der Waals surface area (Å²) in [6.45, 7) is 10.6. The molecule has 2 spiro atoms. The van der Waals surface area contributed by atoms with Crippen LogP contribution in [0.2, 0.25) is 0 Å². The summed E-state index contributed by atoms with van der Waals surface area (Å²) in [5.41, 5.74) is -3.20. The van der Waals surface area contributed by atoms with E-state index >= 15 is 4.79 Å². The lowest BCUT2D eigenvalue weighted by atomic mass is 9.27. The smallest absolute Gasteiger partial charge is 0.163 e. The van der Waals surface area contributed by atoms with Gasteiger partial charge in [0.1, 0.15) is 0 Å². The first-order valence-corrected chi connectivity index (χ1v) is 24.6. The van der Waals surface area contributed by atoms with Crippen molar-refractivity contribution in [3.05, 3.63) is 57.5 Å². The Morgan fingerprint density at radius 1 is 0.952 bits per heavy atom. The Balaban J connectivity index is 1.22. The molecule has 0 aromatic heterocycles. The quantitative estimate of drug-likeness (QED) is 0.101. The van der Waals surface area contributed by atoms with E-state index in [0.29, 0.717) is 62.7 Å². The maximum absolute atomic E-state index is 16.2. The summed E-state index contributed by atoms with van der Waals surface area (Å²) in [6.07, 6.45) is 17.9. The van der Waals surface area contributed by atoms with Crippen LogP contribution in [0.4, 0.5) is 0 Å². The van der Waals surface area contributed by atoms with E-state index in [1.807, 2.05) is 25.1 Å². The molecule has 0 heterocycles. The lowest BCUT2D eigenvalue weighted by Crippen LogP contribution is -2.77. The van der Waals surface area contributed by atoms with Crippen molar-refractivity contribution in [2.75, 3.05) is 26.9 Å². The van der Waals surface area contributed by atoms with Gasteiger partial charge in [0.25, 0.3) is 0 Å². The molecule has 6 N–H and O–H groups in total. The van der Waals surface area contributed by atoms with E-state index in [-0.39, 0.29) is 58.6 Å². The number of hydrogen-bond donors (Lipinski definition) is 6. The topological polar surface area (TPSA) is 165 Å². The zero-order valence-corrected chi connectivity index (χ0v) is 38.7. The molecular formula is C54H74O9. The number of methoxy groups -OCH3 is 1. The molecule has 0 aliphatic heterocycles. The molecule has 9 heteroatoms. The zero-order valence-electron chi connectivity index (χ0n) is 38.7. The molecule has 16 unspecified atom stereocenters. The molecule has 1 aromatic rings. The molecule has 1 aromatic carbocycles. The molecule has 9 aliphatic rings. The van der Waals surface area contributed by atoms with Crippen molar-refractivity contribution >= 4 is 23.7 Å². The minimum absolute atomic E-state index is 0.00145. The normalized spacial score (nSPS) is 47.0. The predicted molar refractivity (Wildman–Crippen MR) is 240 cm³/mol. The van der Waals surface area contributed by atoms with Crippen LogP contribution < -0.4 is 10.4 Å². The third kappa shape index (κ3) is 5.42. The summed E-state index contributed by atoms with van der Waals surface area (Å²) in [5, 5.41) is 73.3. The minimum atomic E-state index is -1.30. The molecule has 0 saturated heterocycles. The molecule has 6 saturated carbocycles. The summed E-state index contributed by atoms with van der Waals surface area (Å²) in [4.78, 5) is 30.3. The van der Waals surface area contributed by atoms with Gasteiger partial charge < -0.3 is 35.4 Å². The van der Waals surface area contributed by atoms with Gasteiger partial charge in [0.05, 0.1) is 37.1 Å². The van der Waals surface area contributed by atoms with Crippen molar-refractivity contribution in [3.63, 3.8) is 0 Å². The number of aliphatic hydroxyl groups is 6. The van der Waals surface area contributed by atoms with Gasteiger partial charge in [-0.1, -0.05) is 64.0 Å². The van der Waals surface area contributed by atoms with E-state index in [1.54, 1.807) is 14.0 Å². The van der Waals surface area contributed by atoms with Crippen molar-refractivity contribution in [2.45, 2.75) is 148 Å². The van der Waals surface area contributed by atoms with Crippen LogP contribution in [0.15, 0.2) is 35.9 Å². The van der Waals surface area contributed by atoms with Crippen molar-refractivity contribution in [1.82, 2.24) is 0 Å². The zero-order chi connectivity index (χ0) is 44.9. The van der Waals surface area contributed by atoms with Gasteiger partial charge in [0.2, 0.25) is 0 Å². The fourth-order valence-corrected chi connectivity index (χ4v) is 18.9. The van der Waals surface area contributed by atoms with Gasteiger partial charge in [-0.05, 0) is 175 Å². The number of Topliss-reactive ketones (excluding diaryl/α,β-unsaturated/α-hetero) is 1. The third-order valence-electron chi connectivity index (χ3n) is 21.2. The van der Waals surface area contributed by atoms with Crippen LogP contribution in [0, 0.1) is 73.4 Å². The third-order valence-corrected chi connectivity index (χ3v) is 21.2. The number of benzene rings is 1. The van der Waals surface area contributed by atoms with Crippen molar-refractivity contribution in [1.29, 1.82) is 0 Å². The summed E-state index contributed by atoms with van der Waals surface area (Å²) in [7, 11) is 1.63. The number of allylic oxidation sites excluding steroid dienone is 3. The average Bonchev–Trinajstić information content (AvgIpc) is 3.62. The van der Waals surface area contributed by atoms with Gasteiger partial charge in [-0.3, -0.25) is 9.59 Å². The molecule has 16 atom stereocenters. The molecule has 9 nitrogen and oxygen atoms in total. The van der Waals surface area contributed by atoms with Crippen molar-refractivity contribution in [3.8, 4) is 0 Å². The maximum Gasteiger partial charge on any atom is 0.163 e. The van der Waals surface area contributed by atoms with Crippen LogP contribution in [-0.4, -0.2) is 86.9 Å². The number of fused-ring (bicyclic) bond motifs is 4. The molecule has 63 heavy (non-hydrogen) atoms. The van der Waals surface area contributed by atoms with E-state index in [2.05, 4.69) is 45.1 Å². The van der Waals surface area contributed by atoms with Crippen LogP contribution in [0.3, 0.4) is 0 Å². The first kappa shape index (κ1) is 44.3. The number of ketones is 2. The molecule has 9 aliphatic carbocycles. The summed E-state index contributed by atoms with van der Waals surface area (Å²) < 4.78 is 5.30. The van der Waals surface area contributed by atoms with Crippen LogP contribution in [0.5, 0.6) is 0 Å². The summed E-state index contributed by atoms with van der Waals surface area (Å²) >= 11 is 0. The van der Waals surface area contributed by atoms with Gasteiger partial charge in [-0.15, -0.1) is 0 Å². The van der Waals surface area contributed by atoms with Gasteiger partial charge in [-0.2, -0.15) is 0 Å². The number of rotatable bonds is 9. The molecule has 6 fully saturated rings. The van der Waals surface area contributed by atoms with Gasteiger partial charge in [0.15, 0.2) is 11.6 Å². The Hall–Kier alpha value is -2.50. The largest absolute Gasteiger partial charge is 0.396 e. The lowest BCUT2D eigenvalue weighted by Gasteiger charge is -2.77. The highest BCUT2D eigenvalue weighted by Crippen LogP contribution is 2.84. The number of ether oxygens (including phenoxy) is 1. The molecule has 0 radical (unpaired) electrons. The van der Waals surface area contributed by atoms with E-state index in [4.69, 9.17) is 4.74 Å². The van der Waals surface area contributed by atoms with E-state index in [0.717, 1.165) is 61.0 Å². The molecule has 344 valence electrons. The Kier molecular flexibility index (Phi) is 10.2. The van der Waals surface area contributed by atoms with Gasteiger partial charge >= 0.3 is 0 Å². The second kappa shape index (κ2) is 14.5. The highest BCUT2D eigenvalue weighted by atomic mass is 16.5. The molecular weight excluding hydrogens is 793 g/mol. The highest BCUT2D eigenvalue weighted by molar-refractivity contribution is 5.97. The predicted octanol–water partition coefficient (Wildman–Crippen LogP) is 5.88. The Bertz CT molecular complexity index is 2270. The Morgan fingerprint density at radius 2 is 1.71 bits per heavy atom. The van der Waals surface area contributed by atoms with Crippen LogP contribution in [0.1, 0.15) is 147 Å². The number of carbonyl (C=O) groups is 2. The molecule has 10 rings (SSSR count). The maximum atomic E-state index is 16.2. The molecule has 2 bridgehead atoms. The van der Waals surface area contributed by atoms with Crippen LogP contribution in [-0.2, 0) is 9.53 Å². The van der Waals surface area contributed by atoms with Crippen LogP contribution >= 0.6 is 0 Å². The fraction of sp³-hybridized carbons (Fsp3) is 0.741. The number of carbonyl (C=O) groups excluding carboxylic acids is 2. The monoisotopic (exact) mass is 867 g/mol. The Labute approximate surface area is 373 Å². The molecule has 0 amide bonds. The van der Waals surface area contributed by atoms with E-state index < -0.39 is 63.5 Å². The first-order valence-electron chi connectivity index (χ1n) is 24.6. The van der Waals surface area contributed by atoms with E-state index in [1.165, 1.54) is 0 Å². The second-order valence-corrected chi connectivity index (χ2v) is 23.9. The highest BCUT2D eigenvalue weighted by Gasteiger charge is 2.81. The SMILES string of the molecule is COCCCC(=O)c1cc(C(C)O)cc2c1=CC1CCC34CCC5C(C)(C(O)CO)C(O)CCC5(C1C=2)C3C(=O)C=C1C2CC(C)(C)CC35CCCC3C=CC(O)(CC14C)C25CO. The van der Waals surface area contributed by atoms with E-state index in [9.17, 15) is 35.4 Å². The average molecular weight is 867 g/mol. The van der Waals surface area contributed by atoms with Gasteiger partial charge in [0, 0.05) is 42.4 Å². The number of hydrogen-bond acceptors (Lipinski definition) is 9. The van der Waals surface area contributed by atoms with Crippen LogP contribution in [0.25, 0.3) is 12.2 Å². The first-order chi connectivity index (χ1) is 29.8. The standard InChI is InChI=1S/C54H74O9/c1-31(57)33-21-34-24-38-32(22-36(34)37(23-33)41(58)10-8-20-63-6)11-16-50-17-13-43-49(5,45(61)27-55)44(60)14-19-53(38,43)46(50)42(59)25-39-40-26-47(2,3)28-51-15-7-9-35(51)12-18-52(62,29-48(39,50)4)54(40,51)30-56/h12,18,21-25,31-32,35,38,40,43-46,55-57,60-62H,7-11,13-17,19-20,26-30H2,1-6H3. The van der Waals surface area contributed by atoms with Crippen molar-refractivity contribution in [2.24, 2.45) is 73.4 Å². The van der Waals surface area contributed by atoms with Gasteiger partial charge in [-0.25, -0.2) is 0 Å². The second-order valence-electron chi connectivity index (χ2n) is 23.9. The Morgan fingerprint density at radius 3 is 2.43 bits per heavy atom. The minimum Gasteiger partial charge on any atom is -0.396 e. The summed E-state index contributed by atoms with van der Waals surface area (Å²) in [6, 6.07) is 3.86. The lowest BCUT2D eigenvalue weighted by molar-refractivity contribution is -0.284.